The van der Waals surface area contributed by atoms with Gasteiger partial charge in [-0.3, -0.25) is 0 Å². The summed E-state index contributed by atoms with van der Waals surface area (Å²) in [5.41, 5.74) is 0.150. The summed E-state index contributed by atoms with van der Waals surface area (Å²) in [6, 6.07) is 7.60. The summed E-state index contributed by atoms with van der Waals surface area (Å²) in [6.07, 6.45) is 0.345. The largest absolute Gasteiger partial charge is 0.363 e. The summed E-state index contributed by atoms with van der Waals surface area (Å²) in [5, 5.41) is 13.0. The molecule has 9 heteroatoms. The molecule has 3 heterocycles. The predicted molar refractivity (Wildman–Crippen MR) is 116 cm³/mol. The Labute approximate surface area is 184 Å². The average Bonchev–Trinajstić information content (AvgIpc) is 2.78. The molecule has 1 fully saturated rings. The number of hydrogen-bond donors (Lipinski definition) is 1. The molecule has 2 aromatic heterocycles. The molecule has 6 nitrogen and oxygen atoms in total. The molecule has 0 radical (unpaired) electrons. The molecule has 4 rings (SSSR count). The number of aryl methyl sites for hydroxylation is 1. The van der Waals surface area contributed by atoms with Gasteiger partial charge in [0, 0.05) is 30.0 Å². The smallest absolute Gasteiger partial charge is 0.266 e. The van der Waals surface area contributed by atoms with Crippen LogP contribution < -0.4 is 10.2 Å². The van der Waals surface area contributed by atoms with Gasteiger partial charge in [-0.25, -0.2) is 28.1 Å². The van der Waals surface area contributed by atoms with Gasteiger partial charge < -0.3 is 10.2 Å². The number of alkyl halides is 2. The van der Waals surface area contributed by atoms with E-state index in [0.717, 1.165) is 37.8 Å². The highest BCUT2D eigenvalue weighted by atomic mass is 19.3. The second-order valence-electron chi connectivity index (χ2n) is 7.99. The lowest BCUT2D eigenvalue weighted by Gasteiger charge is -2.30. The second kappa shape index (κ2) is 8.99. The molecule has 0 saturated carbocycles. The Balaban J connectivity index is 1.66. The lowest BCUT2D eigenvalue weighted by Crippen LogP contribution is -2.33. The fourth-order valence-electron chi connectivity index (χ4n) is 4.01. The van der Waals surface area contributed by atoms with E-state index in [1.807, 2.05) is 6.07 Å². The predicted octanol–water partition coefficient (Wildman–Crippen LogP) is 5.32. The van der Waals surface area contributed by atoms with Crippen LogP contribution in [0.15, 0.2) is 30.5 Å². The van der Waals surface area contributed by atoms with Gasteiger partial charge in [0.05, 0.1) is 29.4 Å². The van der Waals surface area contributed by atoms with E-state index in [2.05, 4.69) is 31.2 Å². The van der Waals surface area contributed by atoms with E-state index in [9.17, 15) is 13.2 Å². The summed E-state index contributed by atoms with van der Waals surface area (Å²) >= 11 is 0. The number of aromatic nitrogens is 3. The van der Waals surface area contributed by atoms with E-state index in [-0.39, 0.29) is 11.5 Å². The number of nitriles is 1. The highest BCUT2D eigenvalue weighted by molar-refractivity contribution is 5.90. The van der Waals surface area contributed by atoms with Crippen molar-refractivity contribution in [2.24, 2.45) is 5.92 Å². The molecule has 0 amide bonds. The second-order valence-corrected chi connectivity index (χ2v) is 7.99. The van der Waals surface area contributed by atoms with Crippen molar-refractivity contribution in [3.8, 4) is 6.07 Å². The Morgan fingerprint density at radius 1 is 1.19 bits per heavy atom. The van der Waals surface area contributed by atoms with Crippen LogP contribution in [0.25, 0.3) is 10.9 Å². The van der Waals surface area contributed by atoms with Gasteiger partial charge in [0.2, 0.25) is 0 Å². The molecule has 1 N–H and O–H groups in total. The van der Waals surface area contributed by atoms with Crippen molar-refractivity contribution in [1.82, 2.24) is 15.0 Å². The van der Waals surface area contributed by atoms with Crippen molar-refractivity contribution in [3.05, 3.63) is 53.2 Å². The lowest BCUT2D eigenvalue weighted by molar-refractivity contribution is 0.146. The maximum atomic E-state index is 14.6. The summed E-state index contributed by atoms with van der Waals surface area (Å²) < 4.78 is 40.9. The number of nitrogens with one attached hydrogen (secondary N) is 1. The van der Waals surface area contributed by atoms with E-state index in [1.54, 1.807) is 20.0 Å². The molecule has 3 aromatic rings. The minimum atomic E-state index is -2.89. The number of rotatable bonds is 5. The number of pyridine rings is 1. The SMILES string of the molecule is Cc1nc(N[C@H](C)c2cccc(C(F)F)c2F)c2cc(N3CCC(C#N)CC3)ncc2n1. The molecular formula is C23H23F3N6. The molecule has 166 valence electrons. The van der Waals surface area contributed by atoms with Crippen LogP contribution in [0.2, 0.25) is 0 Å². The van der Waals surface area contributed by atoms with Gasteiger partial charge in [0.15, 0.2) is 0 Å². The number of benzene rings is 1. The number of hydrogen-bond acceptors (Lipinski definition) is 6. The van der Waals surface area contributed by atoms with Crippen LogP contribution in [0.5, 0.6) is 0 Å². The highest BCUT2D eigenvalue weighted by Crippen LogP contribution is 2.31. The third-order valence-electron chi connectivity index (χ3n) is 5.79. The minimum Gasteiger partial charge on any atom is -0.363 e. The maximum Gasteiger partial charge on any atom is 0.266 e. The number of fused-ring (bicyclic) bond motifs is 1. The number of anilines is 2. The van der Waals surface area contributed by atoms with Crippen LogP contribution in [0.3, 0.4) is 0 Å². The molecule has 1 aliphatic heterocycles. The van der Waals surface area contributed by atoms with Gasteiger partial charge >= 0.3 is 0 Å². The third-order valence-corrected chi connectivity index (χ3v) is 5.79. The Hall–Kier alpha value is -3.41. The zero-order chi connectivity index (χ0) is 22.8. The Kier molecular flexibility index (Phi) is 6.12. The number of piperidine rings is 1. The standard InChI is InChI=1S/C23H23F3N6/c1-13(16-4-3-5-17(21(16)24)22(25)26)29-23-18-10-20(28-12-19(18)30-14(2)31-23)32-8-6-15(11-27)7-9-32/h3-5,10,12-13,15,22H,6-9H2,1-2H3,(H,29,30,31)/t13-/m1/s1. The van der Waals surface area contributed by atoms with E-state index >= 15 is 0 Å². The van der Waals surface area contributed by atoms with Crippen LogP contribution in [0, 0.1) is 30.0 Å². The first-order valence-corrected chi connectivity index (χ1v) is 10.5. The number of nitrogens with zero attached hydrogens (tertiary/aromatic N) is 5. The minimum absolute atomic E-state index is 0.0645. The fraction of sp³-hybridized carbons (Fsp3) is 0.391. The molecule has 0 spiro atoms. The topological polar surface area (TPSA) is 77.7 Å². The average molecular weight is 440 g/mol. The molecule has 0 aliphatic carbocycles. The molecule has 32 heavy (non-hydrogen) atoms. The quantitative estimate of drug-likeness (QED) is 0.578. The lowest BCUT2D eigenvalue weighted by atomic mass is 9.98. The summed E-state index contributed by atoms with van der Waals surface area (Å²) in [6.45, 7) is 4.90. The monoisotopic (exact) mass is 440 g/mol. The third kappa shape index (κ3) is 4.31. The van der Waals surface area contributed by atoms with Gasteiger partial charge in [0.25, 0.3) is 6.43 Å². The zero-order valence-corrected chi connectivity index (χ0v) is 17.8. The van der Waals surface area contributed by atoms with Crippen LogP contribution in [-0.4, -0.2) is 28.0 Å². The van der Waals surface area contributed by atoms with E-state index in [4.69, 9.17) is 5.26 Å². The Morgan fingerprint density at radius 2 is 1.91 bits per heavy atom. The molecule has 1 aromatic carbocycles. The van der Waals surface area contributed by atoms with Crippen molar-refractivity contribution in [2.75, 3.05) is 23.3 Å². The van der Waals surface area contributed by atoms with Gasteiger partial charge in [-0.1, -0.05) is 18.2 Å². The normalized spacial score (nSPS) is 15.7. The summed E-state index contributed by atoms with van der Waals surface area (Å²) in [7, 11) is 0. The molecule has 1 saturated heterocycles. The molecule has 1 aliphatic rings. The van der Waals surface area contributed by atoms with Crippen molar-refractivity contribution >= 4 is 22.5 Å². The highest BCUT2D eigenvalue weighted by Gasteiger charge is 2.22. The first kappa shape index (κ1) is 21.8. The number of halogens is 3. The summed E-state index contributed by atoms with van der Waals surface area (Å²) in [4.78, 5) is 15.6. The Morgan fingerprint density at radius 3 is 2.59 bits per heavy atom. The van der Waals surface area contributed by atoms with E-state index in [0.29, 0.717) is 22.5 Å². The fourth-order valence-corrected chi connectivity index (χ4v) is 4.01. The van der Waals surface area contributed by atoms with Gasteiger partial charge in [-0.2, -0.15) is 5.26 Å². The molecular weight excluding hydrogens is 417 g/mol. The van der Waals surface area contributed by atoms with Crippen molar-refractivity contribution in [1.29, 1.82) is 5.26 Å². The maximum absolute atomic E-state index is 14.6. The first-order valence-electron chi connectivity index (χ1n) is 10.5. The molecule has 0 bridgehead atoms. The van der Waals surface area contributed by atoms with E-state index < -0.39 is 23.8 Å². The molecule has 0 unspecified atom stereocenters. The van der Waals surface area contributed by atoms with Gasteiger partial charge in [-0.15, -0.1) is 0 Å². The van der Waals surface area contributed by atoms with Crippen LogP contribution in [0.4, 0.5) is 24.8 Å². The van der Waals surface area contributed by atoms with Crippen molar-refractivity contribution < 1.29 is 13.2 Å². The van der Waals surface area contributed by atoms with Crippen molar-refractivity contribution in [2.45, 2.75) is 39.2 Å². The van der Waals surface area contributed by atoms with E-state index in [1.165, 1.54) is 12.1 Å². The van der Waals surface area contributed by atoms with Crippen molar-refractivity contribution in [3.63, 3.8) is 0 Å². The molecule has 1 atom stereocenters. The first-order chi connectivity index (χ1) is 15.4. The van der Waals surface area contributed by atoms with Crippen LogP contribution in [-0.2, 0) is 0 Å². The summed E-state index contributed by atoms with van der Waals surface area (Å²) in [5.74, 6) is 0.897. The van der Waals surface area contributed by atoms with Gasteiger partial charge in [0.1, 0.15) is 23.3 Å². The van der Waals surface area contributed by atoms with Gasteiger partial charge in [-0.05, 0) is 32.8 Å². The van der Waals surface area contributed by atoms with Crippen LogP contribution in [0.1, 0.15) is 49.2 Å². The van der Waals surface area contributed by atoms with Crippen LogP contribution >= 0.6 is 0 Å². The zero-order valence-electron chi connectivity index (χ0n) is 17.8. The Bertz CT molecular complexity index is 1170.